The van der Waals surface area contributed by atoms with E-state index in [1.165, 1.54) is 0 Å². The molecular formula is C8H12N2O2. The molecule has 0 aromatic rings. The van der Waals surface area contributed by atoms with E-state index in [4.69, 9.17) is 11.5 Å². The fourth-order valence-electron chi connectivity index (χ4n) is 1.40. The van der Waals surface area contributed by atoms with Crippen molar-refractivity contribution in [3.63, 3.8) is 0 Å². The summed E-state index contributed by atoms with van der Waals surface area (Å²) in [5, 5.41) is 0. The van der Waals surface area contributed by atoms with Gasteiger partial charge in [0.1, 0.15) is 5.41 Å². The molecule has 0 radical (unpaired) electrons. The van der Waals surface area contributed by atoms with Crippen LogP contribution in [0, 0.1) is 5.41 Å². The molecule has 1 rings (SSSR count). The highest BCUT2D eigenvalue weighted by molar-refractivity contribution is 6.04. The number of primary amides is 2. The molecule has 0 atom stereocenters. The lowest BCUT2D eigenvalue weighted by atomic mass is 9.76. The molecule has 2 amide bonds. The second-order valence-electron chi connectivity index (χ2n) is 3.02. The number of allylic oxidation sites excluding steroid dienone is 2. The van der Waals surface area contributed by atoms with Crippen molar-refractivity contribution in [2.24, 2.45) is 16.9 Å². The summed E-state index contributed by atoms with van der Waals surface area (Å²) < 4.78 is 0. The van der Waals surface area contributed by atoms with Gasteiger partial charge in [-0.1, -0.05) is 12.2 Å². The molecule has 0 saturated carbocycles. The summed E-state index contributed by atoms with van der Waals surface area (Å²) in [6.45, 7) is 0. The molecule has 0 fully saturated rings. The maximum absolute atomic E-state index is 11.0. The standard InChI is InChI=1S/C8H12N2O2/c9-6(11)8(7(10)12)4-2-1-3-5-8/h1-2H,3-5H2,(H2,9,11)(H2,10,12). The second-order valence-corrected chi connectivity index (χ2v) is 3.02. The number of hydrogen-bond acceptors (Lipinski definition) is 2. The van der Waals surface area contributed by atoms with Crippen LogP contribution >= 0.6 is 0 Å². The van der Waals surface area contributed by atoms with E-state index >= 15 is 0 Å². The van der Waals surface area contributed by atoms with Gasteiger partial charge in [0.2, 0.25) is 11.8 Å². The largest absolute Gasteiger partial charge is 0.369 e. The number of nitrogens with two attached hydrogens (primary N) is 2. The molecule has 0 spiro atoms. The second kappa shape index (κ2) is 2.97. The van der Waals surface area contributed by atoms with Gasteiger partial charge in [-0.2, -0.15) is 0 Å². The van der Waals surface area contributed by atoms with Crippen LogP contribution in [0.25, 0.3) is 0 Å². The third-order valence-corrected chi connectivity index (χ3v) is 2.31. The summed E-state index contributed by atoms with van der Waals surface area (Å²) >= 11 is 0. The number of carbonyl (C=O) groups excluding carboxylic acids is 2. The van der Waals surface area contributed by atoms with Gasteiger partial charge in [0.15, 0.2) is 0 Å². The highest BCUT2D eigenvalue weighted by Gasteiger charge is 2.42. The maximum atomic E-state index is 11.0. The molecule has 4 nitrogen and oxygen atoms in total. The molecular weight excluding hydrogens is 156 g/mol. The number of carbonyl (C=O) groups is 2. The summed E-state index contributed by atoms with van der Waals surface area (Å²) in [7, 11) is 0. The Morgan fingerprint density at radius 1 is 1.17 bits per heavy atom. The Morgan fingerprint density at radius 2 is 1.75 bits per heavy atom. The Kier molecular flexibility index (Phi) is 2.17. The topological polar surface area (TPSA) is 86.2 Å². The van der Waals surface area contributed by atoms with Crippen molar-refractivity contribution < 1.29 is 9.59 Å². The third-order valence-electron chi connectivity index (χ3n) is 2.31. The van der Waals surface area contributed by atoms with Crippen molar-refractivity contribution in [1.29, 1.82) is 0 Å². The fourth-order valence-corrected chi connectivity index (χ4v) is 1.40. The minimum atomic E-state index is -1.13. The van der Waals surface area contributed by atoms with Crippen molar-refractivity contribution in [2.75, 3.05) is 0 Å². The van der Waals surface area contributed by atoms with Crippen LogP contribution in [0.5, 0.6) is 0 Å². The van der Waals surface area contributed by atoms with Gasteiger partial charge in [-0.3, -0.25) is 9.59 Å². The van der Waals surface area contributed by atoms with Crippen LogP contribution in [-0.4, -0.2) is 11.8 Å². The predicted octanol–water partition coefficient (Wildman–Crippen LogP) is -0.317. The van der Waals surface area contributed by atoms with Crippen LogP contribution in [-0.2, 0) is 9.59 Å². The van der Waals surface area contributed by atoms with Gasteiger partial charge in [0.25, 0.3) is 0 Å². The number of amides is 2. The Bertz CT molecular complexity index is 231. The Balaban J connectivity index is 2.94. The fraction of sp³-hybridized carbons (Fsp3) is 0.500. The number of rotatable bonds is 2. The lowest BCUT2D eigenvalue weighted by molar-refractivity contribution is -0.140. The van der Waals surface area contributed by atoms with Crippen molar-refractivity contribution in [1.82, 2.24) is 0 Å². The number of hydrogen-bond donors (Lipinski definition) is 2. The summed E-state index contributed by atoms with van der Waals surface area (Å²) in [5.74, 6) is -1.22. The molecule has 12 heavy (non-hydrogen) atoms. The average Bonchev–Trinajstić information content (AvgIpc) is 2.05. The molecule has 4 N–H and O–H groups in total. The van der Waals surface area contributed by atoms with E-state index in [-0.39, 0.29) is 0 Å². The highest BCUT2D eigenvalue weighted by Crippen LogP contribution is 2.31. The molecule has 66 valence electrons. The molecule has 0 aromatic heterocycles. The van der Waals surface area contributed by atoms with Crippen LogP contribution in [0.1, 0.15) is 19.3 Å². The molecule has 0 saturated heterocycles. The lowest BCUT2D eigenvalue weighted by Crippen LogP contribution is -2.48. The van der Waals surface area contributed by atoms with Crippen LogP contribution < -0.4 is 11.5 Å². The van der Waals surface area contributed by atoms with Gasteiger partial charge in [-0.25, -0.2) is 0 Å². The minimum absolute atomic E-state index is 0.345. The zero-order valence-corrected chi connectivity index (χ0v) is 6.75. The third kappa shape index (κ3) is 1.20. The van der Waals surface area contributed by atoms with Gasteiger partial charge < -0.3 is 11.5 Å². The van der Waals surface area contributed by atoms with Crippen molar-refractivity contribution >= 4 is 11.8 Å². The SMILES string of the molecule is NC(=O)C1(C(N)=O)CC=CCC1. The van der Waals surface area contributed by atoms with Gasteiger partial charge in [0, 0.05) is 0 Å². The molecule has 0 aromatic carbocycles. The first-order valence-electron chi connectivity index (χ1n) is 3.84. The lowest BCUT2D eigenvalue weighted by Gasteiger charge is -2.27. The van der Waals surface area contributed by atoms with Crippen LogP contribution in [0.2, 0.25) is 0 Å². The zero-order chi connectivity index (χ0) is 9.19. The molecule has 0 aliphatic heterocycles. The molecule has 1 aliphatic carbocycles. The molecule has 0 unspecified atom stereocenters. The first kappa shape index (κ1) is 8.77. The highest BCUT2D eigenvalue weighted by atomic mass is 16.2. The van der Waals surface area contributed by atoms with Gasteiger partial charge in [-0.05, 0) is 19.3 Å². The smallest absolute Gasteiger partial charge is 0.233 e. The summed E-state index contributed by atoms with van der Waals surface area (Å²) in [6.07, 6.45) is 5.17. The van der Waals surface area contributed by atoms with E-state index < -0.39 is 17.2 Å². The van der Waals surface area contributed by atoms with E-state index in [2.05, 4.69) is 0 Å². The first-order chi connectivity index (χ1) is 5.59. The summed E-state index contributed by atoms with van der Waals surface area (Å²) in [5.41, 5.74) is 9.13. The first-order valence-corrected chi connectivity index (χ1v) is 3.84. The van der Waals surface area contributed by atoms with Crippen molar-refractivity contribution in [3.8, 4) is 0 Å². The Morgan fingerprint density at radius 3 is 2.00 bits per heavy atom. The van der Waals surface area contributed by atoms with Gasteiger partial charge >= 0.3 is 0 Å². The van der Waals surface area contributed by atoms with E-state index in [0.29, 0.717) is 19.3 Å². The zero-order valence-electron chi connectivity index (χ0n) is 6.75. The maximum Gasteiger partial charge on any atom is 0.233 e. The average molecular weight is 168 g/mol. The minimum Gasteiger partial charge on any atom is -0.369 e. The Hall–Kier alpha value is -1.32. The van der Waals surface area contributed by atoms with E-state index in [1.54, 1.807) is 6.08 Å². The molecule has 4 heteroatoms. The monoisotopic (exact) mass is 168 g/mol. The quantitative estimate of drug-likeness (QED) is 0.437. The summed E-state index contributed by atoms with van der Waals surface area (Å²) in [4.78, 5) is 22.0. The van der Waals surface area contributed by atoms with Gasteiger partial charge in [-0.15, -0.1) is 0 Å². The molecule has 0 bridgehead atoms. The molecule has 0 heterocycles. The van der Waals surface area contributed by atoms with Crippen LogP contribution in [0.3, 0.4) is 0 Å². The van der Waals surface area contributed by atoms with Crippen molar-refractivity contribution in [3.05, 3.63) is 12.2 Å². The van der Waals surface area contributed by atoms with Crippen LogP contribution in [0.15, 0.2) is 12.2 Å². The van der Waals surface area contributed by atoms with E-state index in [9.17, 15) is 9.59 Å². The summed E-state index contributed by atoms with van der Waals surface area (Å²) in [6, 6.07) is 0. The predicted molar refractivity (Wildman–Crippen MR) is 43.8 cm³/mol. The molecule has 1 aliphatic rings. The normalized spacial score (nSPS) is 20.3. The van der Waals surface area contributed by atoms with E-state index in [1.807, 2.05) is 6.08 Å². The van der Waals surface area contributed by atoms with Crippen molar-refractivity contribution in [2.45, 2.75) is 19.3 Å². The van der Waals surface area contributed by atoms with E-state index in [0.717, 1.165) is 0 Å². The van der Waals surface area contributed by atoms with Gasteiger partial charge in [0.05, 0.1) is 0 Å². The Labute approximate surface area is 70.6 Å². The van der Waals surface area contributed by atoms with Crippen LogP contribution in [0.4, 0.5) is 0 Å².